The minimum atomic E-state index is -0.626. The molecule has 0 radical (unpaired) electrons. The Morgan fingerprint density at radius 3 is 2.47 bits per heavy atom. The molecule has 2 nitrogen and oxygen atoms in total. The third-order valence-electron chi connectivity index (χ3n) is 2.31. The molecule has 2 aromatic rings. The number of benzene rings is 1. The maximum atomic E-state index is 14.0. The summed E-state index contributed by atoms with van der Waals surface area (Å²) >= 11 is 10.1. The molecule has 0 saturated heterocycles. The van der Waals surface area contributed by atoms with Crippen molar-refractivity contribution in [3.05, 3.63) is 26.8 Å². The quantitative estimate of drug-likeness (QED) is 0.334. The molecule has 0 aliphatic heterocycles. The Labute approximate surface area is 114 Å². The Hall–Kier alpha value is -0.460. The molecule has 0 unspecified atom stereocenters. The SMILES string of the molecule is CSc1nc(Cl)c2c(F)c(C)c(Br)c(F)c2n1. The lowest BCUT2D eigenvalue weighted by Gasteiger charge is -2.09. The van der Waals surface area contributed by atoms with Crippen LogP contribution in [0.4, 0.5) is 8.78 Å². The molecular formula is C10H6BrClF2N2S. The van der Waals surface area contributed by atoms with Crippen LogP contribution in [0.3, 0.4) is 0 Å². The summed E-state index contributed by atoms with van der Waals surface area (Å²) in [5.74, 6) is -1.23. The molecule has 90 valence electrons. The molecule has 0 aliphatic rings. The van der Waals surface area contributed by atoms with Gasteiger partial charge < -0.3 is 0 Å². The summed E-state index contributed by atoms with van der Waals surface area (Å²) < 4.78 is 28.0. The molecule has 0 aliphatic carbocycles. The van der Waals surface area contributed by atoms with Crippen molar-refractivity contribution >= 4 is 50.2 Å². The van der Waals surface area contributed by atoms with Gasteiger partial charge in [-0.05, 0) is 29.1 Å². The molecule has 0 fully saturated rings. The zero-order chi connectivity index (χ0) is 12.7. The van der Waals surface area contributed by atoms with E-state index in [9.17, 15) is 8.78 Å². The van der Waals surface area contributed by atoms with Gasteiger partial charge in [-0.1, -0.05) is 23.4 Å². The van der Waals surface area contributed by atoms with Crippen molar-refractivity contribution < 1.29 is 8.78 Å². The van der Waals surface area contributed by atoms with Crippen molar-refractivity contribution in [2.45, 2.75) is 12.1 Å². The highest BCUT2D eigenvalue weighted by Crippen LogP contribution is 2.34. The van der Waals surface area contributed by atoms with Crippen LogP contribution < -0.4 is 0 Å². The van der Waals surface area contributed by atoms with Crippen LogP contribution in [0.25, 0.3) is 10.9 Å². The first kappa shape index (κ1) is 13.0. The van der Waals surface area contributed by atoms with Gasteiger partial charge in [0.15, 0.2) is 11.0 Å². The van der Waals surface area contributed by atoms with Crippen molar-refractivity contribution in [2.24, 2.45) is 0 Å². The van der Waals surface area contributed by atoms with Gasteiger partial charge in [0.1, 0.15) is 16.5 Å². The topological polar surface area (TPSA) is 25.8 Å². The van der Waals surface area contributed by atoms with Gasteiger partial charge in [0.2, 0.25) is 0 Å². The van der Waals surface area contributed by atoms with Gasteiger partial charge in [-0.25, -0.2) is 18.7 Å². The Bertz CT molecular complexity index is 621. The molecule has 0 atom stereocenters. The third kappa shape index (κ3) is 2.02. The first-order valence-electron chi connectivity index (χ1n) is 4.51. The minimum Gasteiger partial charge on any atom is -0.219 e. The van der Waals surface area contributed by atoms with E-state index in [4.69, 9.17) is 11.6 Å². The second-order valence-corrected chi connectivity index (χ2v) is 5.22. The van der Waals surface area contributed by atoms with Gasteiger partial charge in [0.25, 0.3) is 0 Å². The van der Waals surface area contributed by atoms with Crippen LogP contribution in [0, 0.1) is 18.6 Å². The van der Waals surface area contributed by atoms with Crippen molar-refractivity contribution in [3.8, 4) is 0 Å². The fourth-order valence-corrected chi connectivity index (χ4v) is 2.44. The number of rotatable bonds is 1. The van der Waals surface area contributed by atoms with E-state index in [1.807, 2.05) is 0 Å². The molecule has 1 aromatic carbocycles. The normalized spacial score (nSPS) is 11.2. The minimum absolute atomic E-state index is 0.0596. The average molecular weight is 340 g/mol. The summed E-state index contributed by atoms with van der Waals surface area (Å²) in [5, 5.41) is 0.144. The predicted molar refractivity (Wildman–Crippen MR) is 68.7 cm³/mol. The van der Waals surface area contributed by atoms with E-state index in [1.54, 1.807) is 6.26 Å². The first-order chi connectivity index (χ1) is 7.97. The molecule has 7 heteroatoms. The van der Waals surface area contributed by atoms with Crippen molar-refractivity contribution in [3.63, 3.8) is 0 Å². The number of thioether (sulfide) groups is 1. The van der Waals surface area contributed by atoms with E-state index < -0.39 is 11.6 Å². The van der Waals surface area contributed by atoms with Gasteiger partial charge in [-0.15, -0.1) is 0 Å². The lowest BCUT2D eigenvalue weighted by Crippen LogP contribution is -1.99. The Balaban J connectivity index is 3.00. The lowest BCUT2D eigenvalue weighted by atomic mass is 10.1. The van der Waals surface area contributed by atoms with Crippen LogP contribution in [-0.2, 0) is 0 Å². The van der Waals surface area contributed by atoms with E-state index in [0.29, 0.717) is 5.16 Å². The zero-order valence-corrected chi connectivity index (χ0v) is 12.0. The van der Waals surface area contributed by atoms with E-state index in [0.717, 1.165) is 0 Å². The smallest absolute Gasteiger partial charge is 0.189 e. The summed E-state index contributed by atoms with van der Waals surface area (Å²) in [7, 11) is 0. The van der Waals surface area contributed by atoms with Crippen molar-refractivity contribution in [1.82, 2.24) is 9.97 Å². The number of hydrogen-bond donors (Lipinski definition) is 0. The molecule has 2 rings (SSSR count). The summed E-state index contributed by atoms with van der Waals surface area (Å²) in [6, 6.07) is 0. The molecule has 1 aromatic heterocycles. The van der Waals surface area contributed by atoms with Gasteiger partial charge in [0, 0.05) is 5.56 Å². The molecule has 17 heavy (non-hydrogen) atoms. The molecular weight excluding hydrogens is 334 g/mol. The number of fused-ring (bicyclic) bond motifs is 1. The largest absolute Gasteiger partial charge is 0.219 e. The molecule has 0 saturated carbocycles. The van der Waals surface area contributed by atoms with Crippen LogP contribution >= 0.6 is 39.3 Å². The number of halogens is 4. The fraction of sp³-hybridized carbons (Fsp3) is 0.200. The Morgan fingerprint density at radius 1 is 1.24 bits per heavy atom. The number of hydrogen-bond acceptors (Lipinski definition) is 3. The van der Waals surface area contributed by atoms with Crippen molar-refractivity contribution in [2.75, 3.05) is 6.26 Å². The summed E-state index contributed by atoms with van der Waals surface area (Å²) in [6.07, 6.45) is 1.73. The summed E-state index contributed by atoms with van der Waals surface area (Å²) in [4.78, 5) is 7.83. The maximum Gasteiger partial charge on any atom is 0.189 e. The molecule has 0 spiro atoms. The van der Waals surface area contributed by atoms with Crippen LogP contribution in [0.15, 0.2) is 9.63 Å². The molecule has 0 bridgehead atoms. The molecule has 1 heterocycles. The second-order valence-electron chi connectivity index (χ2n) is 3.29. The highest BCUT2D eigenvalue weighted by atomic mass is 79.9. The van der Waals surface area contributed by atoms with E-state index in [-0.39, 0.29) is 26.1 Å². The van der Waals surface area contributed by atoms with Crippen molar-refractivity contribution in [1.29, 1.82) is 0 Å². The van der Waals surface area contributed by atoms with E-state index >= 15 is 0 Å². The third-order valence-corrected chi connectivity index (χ3v) is 4.07. The van der Waals surface area contributed by atoms with Gasteiger partial charge >= 0.3 is 0 Å². The maximum absolute atomic E-state index is 14.0. The highest BCUT2D eigenvalue weighted by molar-refractivity contribution is 9.10. The van der Waals surface area contributed by atoms with E-state index in [2.05, 4.69) is 25.9 Å². The summed E-state index contributed by atoms with van der Waals surface area (Å²) in [6.45, 7) is 1.46. The number of aromatic nitrogens is 2. The molecule has 0 N–H and O–H groups in total. The fourth-order valence-electron chi connectivity index (χ4n) is 1.41. The van der Waals surface area contributed by atoms with Gasteiger partial charge in [0.05, 0.1) is 9.86 Å². The van der Waals surface area contributed by atoms with E-state index in [1.165, 1.54) is 18.7 Å². The van der Waals surface area contributed by atoms with Gasteiger partial charge in [-0.3, -0.25) is 0 Å². The van der Waals surface area contributed by atoms with Crippen LogP contribution in [-0.4, -0.2) is 16.2 Å². The predicted octanol–water partition coefficient (Wildman–Crippen LogP) is 4.35. The number of nitrogens with zero attached hydrogens (tertiary/aromatic N) is 2. The Kier molecular flexibility index (Phi) is 3.56. The monoisotopic (exact) mass is 338 g/mol. The van der Waals surface area contributed by atoms with Gasteiger partial charge in [-0.2, -0.15) is 0 Å². The van der Waals surface area contributed by atoms with Crippen LogP contribution in [0.2, 0.25) is 5.15 Å². The standard InChI is InChI=1S/C10H6BrClF2N2S/c1-3-5(11)7(14)8-4(6(3)13)9(12)16-10(15-8)17-2/h1-2H3. The van der Waals surface area contributed by atoms with Crippen LogP contribution in [0.1, 0.15) is 5.56 Å². The second kappa shape index (κ2) is 4.66. The first-order valence-corrected chi connectivity index (χ1v) is 6.91. The Morgan fingerprint density at radius 2 is 1.88 bits per heavy atom. The highest BCUT2D eigenvalue weighted by Gasteiger charge is 2.20. The average Bonchev–Trinajstić information content (AvgIpc) is 2.32. The van der Waals surface area contributed by atoms with Crippen LogP contribution in [0.5, 0.6) is 0 Å². The molecule has 0 amide bonds. The summed E-state index contributed by atoms with van der Waals surface area (Å²) in [5.41, 5.74) is 0.0433. The lowest BCUT2D eigenvalue weighted by molar-refractivity contribution is 0.599. The zero-order valence-electron chi connectivity index (χ0n) is 8.81.